The molecule has 0 saturated heterocycles. The molecule has 1 amide bonds. The number of nitrogens with one attached hydrogen (secondary N) is 1. The van der Waals surface area contributed by atoms with E-state index in [9.17, 15) is 19.1 Å². The van der Waals surface area contributed by atoms with Crippen LogP contribution in [0.15, 0.2) is 36.4 Å². The van der Waals surface area contributed by atoms with E-state index in [1.165, 1.54) is 38.2 Å². The molecule has 5 unspecified atom stereocenters. The fourth-order valence-corrected chi connectivity index (χ4v) is 7.77. The van der Waals surface area contributed by atoms with Gasteiger partial charge in [-0.1, -0.05) is 0 Å². The van der Waals surface area contributed by atoms with Crippen molar-refractivity contribution in [2.24, 2.45) is 23.2 Å². The number of fused-ring (bicyclic) bond motifs is 1. The highest BCUT2D eigenvalue weighted by atomic mass is 19.1. The van der Waals surface area contributed by atoms with E-state index in [0.717, 1.165) is 29.5 Å². The van der Waals surface area contributed by atoms with E-state index in [2.05, 4.69) is 17.3 Å². The number of nitrogens with zero attached hydrogens (tertiary/aromatic N) is 1. The summed E-state index contributed by atoms with van der Waals surface area (Å²) in [4.78, 5) is 26.0. The fourth-order valence-electron chi connectivity index (χ4n) is 7.77. The number of anilines is 2. The van der Waals surface area contributed by atoms with Gasteiger partial charge in [-0.3, -0.25) is 9.59 Å². The van der Waals surface area contributed by atoms with E-state index in [1.54, 1.807) is 0 Å². The second-order valence-corrected chi connectivity index (χ2v) is 9.99. The van der Waals surface area contributed by atoms with E-state index < -0.39 is 17.5 Å². The Hall–Kier alpha value is -2.89. The maximum absolute atomic E-state index is 13.8. The second-order valence-electron chi connectivity index (χ2n) is 9.99. The van der Waals surface area contributed by atoms with Crippen molar-refractivity contribution >= 4 is 23.6 Å². The Balaban J connectivity index is 1.20. The van der Waals surface area contributed by atoms with Gasteiger partial charge in [-0.15, -0.1) is 0 Å². The van der Waals surface area contributed by atoms with Crippen molar-refractivity contribution in [3.8, 4) is 5.75 Å². The van der Waals surface area contributed by atoms with Crippen LogP contribution in [-0.2, 0) is 0 Å². The van der Waals surface area contributed by atoms with Crippen molar-refractivity contribution in [1.29, 1.82) is 0 Å². The van der Waals surface area contributed by atoms with Crippen LogP contribution in [0.25, 0.3) is 0 Å². The number of phenolic OH excluding ortho intramolecular Hbond substituents is 1. The number of halogens is 1. The molecule has 31 heavy (non-hydrogen) atoms. The molecule has 5 atom stereocenters. The third kappa shape index (κ3) is 2.25. The van der Waals surface area contributed by atoms with Crippen LogP contribution < -0.4 is 10.2 Å². The summed E-state index contributed by atoms with van der Waals surface area (Å²) >= 11 is 0. The lowest BCUT2D eigenvalue weighted by Crippen LogP contribution is -2.76. The van der Waals surface area contributed by atoms with Crippen LogP contribution in [0.2, 0.25) is 0 Å². The molecule has 0 aliphatic heterocycles. The highest BCUT2D eigenvalue weighted by molar-refractivity contribution is 6.05. The molecule has 4 aliphatic rings. The first kappa shape index (κ1) is 18.8. The average molecular weight is 420 g/mol. The van der Waals surface area contributed by atoms with Gasteiger partial charge in [-0.2, -0.15) is 0 Å². The van der Waals surface area contributed by atoms with Gasteiger partial charge in [-0.05, 0) is 91.7 Å². The molecular formula is C25H25FN2O3. The minimum atomic E-state index is -0.996. The normalized spacial score (nSPS) is 33.8. The number of hydrogen-bond acceptors (Lipinski definition) is 4. The van der Waals surface area contributed by atoms with Crippen LogP contribution >= 0.6 is 0 Å². The summed E-state index contributed by atoms with van der Waals surface area (Å²) in [6.45, 7) is 0. The highest BCUT2D eigenvalue weighted by Crippen LogP contribution is 2.84. The molecule has 4 aliphatic carbocycles. The Morgan fingerprint density at radius 1 is 1.16 bits per heavy atom. The number of amides is 1. The van der Waals surface area contributed by atoms with Gasteiger partial charge in [0.15, 0.2) is 17.9 Å². The summed E-state index contributed by atoms with van der Waals surface area (Å²) in [7, 11) is 2.22. The smallest absolute Gasteiger partial charge is 0.255 e. The van der Waals surface area contributed by atoms with Gasteiger partial charge in [-0.25, -0.2) is 4.39 Å². The molecule has 6 rings (SSSR count). The van der Waals surface area contributed by atoms with Gasteiger partial charge in [0.2, 0.25) is 0 Å². The number of phenols is 1. The summed E-state index contributed by atoms with van der Waals surface area (Å²) in [5, 5.41) is 12.3. The molecule has 0 radical (unpaired) electrons. The number of hydrogen-bond donors (Lipinski definition) is 2. The van der Waals surface area contributed by atoms with Gasteiger partial charge in [0.1, 0.15) is 0 Å². The summed E-state index contributed by atoms with van der Waals surface area (Å²) in [5.74, 6) is 0.462. The standard InChI is InChI=1S/C25H25FN2O3/c1-28(24-10-14-6-17-9-18(12-24)25(17,24)11-14)20-4-2-19(3-5-20)27-23(31)15-7-16(13-29)22(30)21(26)8-15/h2-5,7-8,13-14,17-18,30H,6,9-12H2,1H3,(H,27,31). The Bertz CT molecular complexity index is 1120. The van der Waals surface area contributed by atoms with Crippen molar-refractivity contribution in [2.75, 3.05) is 17.3 Å². The predicted octanol–water partition coefficient (Wildman–Crippen LogP) is 4.61. The maximum Gasteiger partial charge on any atom is 0.255 e. The van der Waals surface area contributed by atoms with E-state index >= 15 is 0 Å². The molecule has 4 fully saturated rings. The molecule has 2 aromatic rings. The zero-order valence-electron chi connectivity index (χ0n) is 17.4. The first-order chi connectivity index (χ1) is 14.9. The Kier molecular flexibility index (Phi) is 3.70. The van der Waals surface area contributed by atoms with E-state index in [4.69, 9.17) is 0 Å². The Labute approximate surface area is 180 Å². The lowest BCUT2D eigenvalue weighted by atomic mass is 9.34. The lowest BCUT2D eigenvalue weighted by molar-refractivity contribution is -0.192. The first-order valence-electron chi connectivity index (χ1n) is 11.0. The monoisotopic (exact) mass is 420 g/mol. The third-order valence-electron chi connectivity index (χ3n) is 8.98. The van der Waals surface area contributed by atoms with Crippen molar-refractivity contribution in [3.63, 3.8) is 0 Å². The van der Waals surface area contributed by atoms with Gasteiger partial charge >= 0.3 is 0 Å². The van der Waals surface area contributed by atoms with E-state index in [1.807, 2.05) is 24.3 Å². The zero-order valence-corrected chi connectivity index (χ0v) is 17.4. The van der Waals surface area contributed by atoms with Crippen molar-refractivity contribution in [3.05, 3.63) is 53.3 Å². The molecule has 0 heterocycles. The molecule has 2 aromatic carbocycles. The lowest BCUT2D eigenvalue weighted by Gasteiger charge is -2.75. The van der Waals surface area contributed by atoms with Crippen LogP contribution in [0.3, 0.4) is 0 Å². The van der Waals surface area contributed by atoms with Gasteiger partial charge < -0.3 is 15.3 Å². The predicted molar refractivity (Wildman–Crippen MR) is 115 cm³/mol. The average Bonchev–Trinajstić information content (AvgIpc) is 3.25. The minimum Gasteiger partial charge on any atom is -0.504 e. The molecule has 6 heteroatoms. The zero-order chi connectivity index (χ0) is 21.5. The number of aromatic hydroxyl groups is 1. The van der Waals surface area contributed by atoms with E-state index in [0.29, 0.717) is 22.9 Å². The first-order valence-corrected chi connectivity index (χ1v) is 11.0. The number of carbonyl (C=O) groups is 2. The van der Waals surface area contributed by atoms with Gasteiger partial charge in [0.25, 0.3) is 5.91 Å². The molecule has 5 nitrogen and oxygen atoms in total. The van der Waals surface area contributed by atoms with Crippen molar-refractivity contribution in [1.82, 2.24) is 0 Å². The summed E-state index contributed by atoms with van der Waals surface area (Å²) < 4.78 is 13.8. The fraction of sp³-hybridized carbons (Fsp3) is 0.440. The molecule has 0 aromatic heterocycles. The largest absolute Gasteiger partial charge is 0.504 e. The van der Waals surface area contributed by atoms with Gasteiger partial charge in [0, 0.05) is 29.5 Å². The van der Waals surface area contributed by atoms with Crippen LogP contribution in [0.4, 0.5) is 15.8 Å². The molecule has 160 valence electrons. The highest BCUT2D eigenvalue weighted by Gasteiger charge is 2.81. The Morgan fingerprint density at radius 3 is 2.61 bits per heavy atom. The summed E-state index contributed by atoms with van der Waals surface area (Å²) in [5.41, 5.74) is 2.35. The quantitative estimate of drug-likeness (QED) is 0.693. The summed E-state index contributed by atoms with van der Waals surface area (Å²) in [6.07, 6.45) is 7.21. The number of carbonyl (C=O) groups excluding carboxylic acids is 2. The number of benzene rings is 2. The second kappa shape index (κ2) is 6.09. The number of aldehydes is 1. The van der Waals surface area contributed by atoms with Crippen LogP contribution in [0.1, 0.15) is 52.8 Å². The molecule has 1 spiro atoms. The van der Waals surface area contributed by atoms with E-state index in [-0.39, 0.29) is 11.1 Å². The minimum absolute atomic E-state index is 0.0184. The topological polar surface area (TPSA) is 69.6 Å². The van der Waals surface area contributed by atoms with Gasteiger partial charge in [0.05, 0.1) is 5.56 Å². The van der Waals surface area contributed by atoms with Crippen LogP contribution in [0.5, 0.6) is 5.75 Å². The SMILES string of the molecule is CN(c1ccc(NC(=O)c2cc(F)c(O)c(C=O)c2)cc1)C12CC3CC4CC(C1)C42C3. The maximum atomic E-state index is 13.8. The van der Waals surface area contributed by atoms with Crippen molar-refractivity contribution in [2.45, 2.75) is 37.6 Å². The molecular weight excluding hydrogens is 395 g/mol. The van der Waals surface area contributed by atoms with Crippen LogP contribution in [0, 0.1) is 29.0 Å². The molecule has 4 saturated carbocycles. The Morgan fingerprint density at radius 2 is 1.94 bits per heavy atom. The number of rotatable bonds is 5. The molecule has 2 N–H and O–H groups in total. The molecule has 2 bridgehead atoms. The van der Waals surface area contributed by atoms with Crippen molar-refractivity contribution < 1.29 is 19.1 Å². The van der Waals surface area contributed by atoms with Crippen LogP contribution in [-0.4, -0.2) is 29.9 Å². The third-order valence-corrected chi connectivity index (χ3v) is 8.98. The summed E-state index contributed by atoms with van der Waals surface area (Å²) in [6, 6.07) is 9.88.